The van der Waals surface area contributed by atoms with E-state index in [0.29, 0.717) is 19.6 Å². The molecule has 122 valence electrons. The van der Waals surface area contributed by atoms with Gasteiger partial charge in [0.2, 0.25) is 0 Å². The zero-order chi connectivity index (χ0) is 16.5. The summed E-state index contributed by atoms with van der Waals surface area (Å²) in [5.41, 5.74) is -0.132. The highest BCUT2D eigenvalue weighted by molar-refractivity contribution is 6.32. The number of ether oxygens (including phenoxy) is 2. The highest BCUT2D eigenvalue weighted by atomic mass is 35.5. The van der Waals surface area contributed by atoms with Gasteiger partial charge in [0.05, 0.1) is 16.0 Å². The number of hydrogen-bond donors (Lipinski definition) is 1. The molecule has 0 fully saturated rings. The van der Waals surface area contributed by atoms with Gasteiger partial charge in [0.1, 0.15) is 5.75 Å². The first-order valence-corrected chi connectivity index (χ1v) is 7.23. The summed E-state index contributed by atoms with van der Waals surface area (Å²) in [5.74, 6) is -0.0653. The first-order valence-electron chi connectivity index (χ1n) is 6.85. The second-order valence-corrected chi connectivity index (χ2v) is 5.19. The second-order valence-electron chi connectivity index (χ2n) is 4.78. The molecule has 8 heteroatoms. The molecule has 0 atom stereocenters. The number of nitro benzene ring substituents is 1. The van der Waals surface area contributed by atoms with Crippen LogP contribution in [0.4, 0.5) is 5.69 Å². The van der Waals surface area contributed by atoms with Gasteiger partial charge in [-0.2, -0.15) is 0 Å². The minimum Gasteiger partial charge on any atom is -0.482 e. The molecular formula is C14H19ClN2O5. The van der Waals surface area contributed by atoms with Crippen LogP contribution in [-0.2, 0) is 9.53 Å². The van der Waals surface area contributed by atoms with E-state index in [1.165, 1.54) is 18.2 Å². The van der Waals surface area contributed by atoms with Gasteiger partial charge in [-0.25, -0.2) is 0 Å². The monoisotopic (exact) mass is 330 g/mol. The van der Waals surface area contributed by atoms with E-state index in [1.54, 1.807) is 0 Å². The van der Waals surface area contributed by atoms with Crippen molar-refractivity contribution in [3.63, 3.8) is 0 Å². The Labute approximate surface area is 133 Å². The number of rotatable bonds is 9. The van der Waals surface area contributed by atoms with Crippen molar-refractivity contribution < 1.29 is 19.2 Å². The molecule has 0 radical (unpaired) electrons. The number of nitrogens with zero attached hydrogens (tertiary/aromatic N) is 1. The van der Waals surface area contributed by atoms with Gasteiger partial charge in [-0.05, 0) is 26.3 Å². The molecule has 1 aromatic carbocycles. The Kier molecular flexibility index (Phi) is 7.62. The van der Waals surface area contributed by atoms with Crippen molar-refractivity contribution in [1.82, 2.24) is 5.32 Å². The molecule has 1 N–H and O–H groups in total. The average Bonchev–Trinajstić information content (AvgIpc) is 2.45. The summed E-state index contributed by atoms with van der Waals surface area (Å²) in [7, 11) is 0. The first kappa shape index (κ1) is 18.2. The summed E-state index contributed by atoms with van der Waals surface area (Å²) in [6, 6.07) is 3.81. The number of halogens is 1. The topological polar surface area (TPSA) is 90.7 Å². The normalized spacial score (nSPS) is 10.5. The predicted molar refractivity (Wildman–Crippen MR) is 82.3 cm³/mol. The maximum Gasteiger partial charge on any atom is 0.271 e. The lowest BCUT2D eigenvalue weighted by Gasteiger charge is -2.10. The zero-order valence-corrected chi connectivity index (χ0v) is 13.3. The summed E-state index contributed by atoms with van der Waals surface area (Å²) in [5, 5.41) is 13.3. The fraction of sp³-hybridized carbons (Fsp3) is 0.500. The summed E-state index contributed by atoms with van der Waals surface area (Å²) >= 11 is 5.85. The molecule has 1 aromatic rings. The van der Waals surface area contributed by atoms with Crippen molar-refractivity contribution in [2.24, 2.45) is 0 Å². The minimum absolute atomic E-state index is 0.0901. The van der Waals surface area contributed by atoms with E-state index >= 15 is 0 Å². The Hall–Kier alpha value is -1.86. The number of non-ortho nitro benzene ring substituents is 1. The highest BCUT2D eigenvalue weighted by Crippen LogP contribution is 2.28. The van der Waals surface area contributed by atoms with Crippen LogP contribution >= 0.6 is 11.6 Å². The van der Waals surface area contributed by atoms with E-state index in [4.69, 9.17) is 21.1 Å². The van der Waals surface area contributed by atoms with E-state index in [2.05, 4.69) is 5.32 Å². The van der Waals surface area contributed by atoms with E-state index in [1.807, 2.05) is 13.8 Å². The number of carbonyl (C=O) groups excluding carboxylic acids is 1. The van der Waals surface area contributed by atoms with Crippen molar-refractivity contribution in [3.8, 4) is 5.75 Å². The van der Waals surface area contributed by atoms with Crippen LogP contribution in [0.15, 0.2) is 18.2 Å². The maximum atomic E-state index is 11.6. The first-order chi connectivity index (χ1) is 10.4. The summed E-state index contributed by atoms with van der Waals surface area (Å²) < 4.78 is 10.6. The molecule has 0 unspecified atom stereocenters. The molecule has 1 rings (SSSR count). The standard InChI is InChI=1S/C14H19ClN2O5/c1-10(2)21-7-3-6-16-14(18)9-22-13-5-4-11(17(19)20)8-12(13)15/h4-5,8,10H,3,6-7,9H2,1-2H3,(H,16,18). The molecule has 22 heavy (non-hydrogen) atoms. The van der Waals surface area contributed by atoms with E-state index < -0.39 is 4.92 Å². The quantitative estimate of drug-likeness (QED) is 0.427. The fourth-order valence-electron chi connectivity index (χ4n) is 1.53. The molecule has 0 spiro atoms. The highest BCUT2D eigenvalue weighted by Gasteiger charge is 2.11. The van der Waals surface area contributed by atoms with Gasteiger partial charge in [-0.1, -0.05) is 11.6 Å². The van der Waals surface area contributed by atoms with Gasteiger partial charge in [0.25, 0.3) is 11.6 Å². The third-order valence-electron chi connectivity index (χ3n) is 2.58. The Bertz CT molecular complexity index is 522. The number of benzene rings is 1. The van der Waals surface area contributed by atoms with Crippen molar-refractivity contribution in [3.05, 3.63) is 33.3 Å². The largest absolute Gasteiger partial charge is 0.482 e. The Morgan fingerprint density at radius 3 is 2.77 bits per heavy atom. The summed E-state index contributed by atoms with van der Waals surface area (Å²) in [4.78, 5) is 21.6. The molecule has 0 saturated heterocycles. The number of nitrogens with one attached hydrogen (secondary N) is 1. The van der Waals surface area contributed by atoms with Gasteiger partial charge in [-0.15, -0.1) is 0 Å². The number of nitro groups is 1. The lowest BCUT2D eigenvalue weighted by atomic mass is 10.3. The van der Waals surface area contributed by atoms with Crippen LogP contribution in [-0.4, -0.2) is 36.7 Å². The summed E-state index contributed by atoms with van der Waals surface area (Å²) in [6.45, 7) is 4.75. The van der Waals surface area contributed by atoms with Crippen LogP contribution in [0.3, 0.4) is 0 Å². The molecule has 0 heterocycles. The van der Waals surface area contributed by atoms with Gasteiger partial charge < -0.3 is 14.8 Å². The van der Waals surface area contributed by atoms with E-state index in [0.717, 1.165) is 0 Å². The van der Waals surface area contributed by atoms with Crippen LogP contribution in [0.5, 0.6) is 5.75 Å². The van der Waals surface area contributed by atoms with Crippen LogP contribution < -0.4 is 10.1 Å². The Morgan fingerprint density at radius 2 is 2.18 bits per heavy atom. The molecule has 0 aliphatic carbocycles. The van der Waals surface area contributed by atoms with Crippen molar-refractivity contribution in [1.29, 1.82) is 0 Å². The average molecular weight is 331 g/mol. The van der Waals surface area contributed by atoms with E-state index in [9.17, 15) is 14.9 Å². The number of hydrogen-bond acceptors (Lipinski definition) is 5. The van der Waals surface area contributed by atoms with Crippen LogP contribution in [0.2, 0.25) is 5.02 Å². The minimum atomic E-state index is -0.554. The van der Waals surface area contributed by atoms with Crippen LogP contribution in [0, 0.1) is 10.1 Å². The lowest BCUT2D eigenvalue weighted by Crippen LogP contribution is -2.30. The van der Waals surface area contributed by atoms with Gasteiger partial charge >= 0.3 is 0 Å². The molecule has 1 amide bonds. The van der Waals surface area contributed by atoms with Gasteiger partial charge in [0.15, 0.2) is 6.61 Å². The Morgan fingerprint density at radius 1 is 1.45 bits per heavy atom. The second kappa shape index (κ2) is 9.22. The third-order valence-corrected chi connectivity index (χ3v) is 2.87. The van der Waals surface area contributed by atoms with Crippen LogP contribution in [0.1, 0.15) is 20.3 Å². The van der Waals surface area contributed by atoms with E-state index in [-0.39, 0.29) is 35.1 Å². The molecular weight excluding hydrogens is 312 g/mol. The third kappa shape index (κ3) is 6.73. The molecule has 0 aliphatic heterocycles. The summed E-state index contributed by atoms with van der Waals surface area (Å²) in [6.07, 6.45) is 0.880. The number of amides is 1. The van der Waals surface area contributed by atoms with Crippen LogP contribution in [0.25, 0.3) is 0 Å². The maximum absolute atomic E-state index is 11.6. The Balaban J connectivity index is 2.31. The zero-order valence-electron chi connectivity index (χ0n) is 12.5. The predicted octanol–water partition coefficient (Wildman–Crippen LogP) is 2.56. The van der Waals surface area contributed by atoms with Gasteiger partial charge in [-0.3, -0.25) is 14.9 Å². The van der Waals surface area contributed by atoms with Crippen molar-refractivity contribution in [2.45, 2.75) is 26.4 Å². The molecule has 0 aliphatic rings. The SMILES string of the molecule is CC(C)OCCCNC(=O)COc1ccc([N+](=O)[O-])cc1Cl. The number of carbonyl (C=O) groups is 1. The molecule has 0 bridgehead atoms. The fourth-order valence-corrected chi connectivity index (χ4v) is 1.76. The smallest absolute Gasteiger partial charge is 0.271 e. The van der Waals surface area contributed by atoms with Gasteiger partial charge in [0, 0.05) is 25.3 Å². The molecule has 7 nitrogen and oxygen atoms in total. The van der Waals surface area contributed by atoms with Crippen molar-refractivity contribution in [2.75, 3.05) is 19.8 Å². The van der Waals surface area contributed by atoms with Crippen molar-refractivity contribution >= 4 is 23.2 Å². The molecule has 0 saturated carbocycles. The molecule has 0 aromatic heterocycles. The lowest BCUT2D eigenvalue weighted by molar-refractivity contribution is -0.384.